The summed E-state index contributed by atoms with van der Waals surface area (Å²) in [6.45, 7) is 0. The molecule has 2 N–H and O–H groups in total. The number of fused-ring (bicyclic) bond motifs is 4. The van der Waals surface area contributed by atoms with Gasteiger partial charge in [0, 0.05) is 24.3 Å². The molecule has 0 bridgehead atoms. The second-order valence-corrected chi connectivity index (χ2v) is 4.43. The minimum Gasteiger partial charge on any atom is -0.449 e. The van der Waals surface area contributed by atoms with Crippen molar-refractivity contribution in [2.45, 2.75) is 0 Å². The maximum atomic E-state index is 5.84. The minimum absolute atomic E-state index is 0.599. The molecule has 96 valence electrons. The van der Waals surface area contributed by atoms with E-state index in [1.165, 1.54) is 0 Å². The first-order valence-electron chi connectivity index (χ1n) is 5.91. The summed E-state index contributed by atoms with van der Waals surface area (Å²) >= 11 is 0. The number of ether oxygens (including phenoxy) is 2. The molecule has 0 unspecified atom stereocenters. The molecule has 0 amide bonds. The lowest BCUT2D eigenvalue weighted by Crippen LogP contribution is -1.99. The monoisotopic (exact) mass is 266 g/mol. The maximum Gasteiger partial charge on any atom is 0.172 e. The van der Waals surface area contributed by atoms with Crippen molar-refractivity contribution in [3.05, 3.63) is 24.3 Å². The molecule has 0 saturated carbocycles. The predicted molar refractivity (Wildman–Crippen MR) is 67.9 cm³/mol. The Balaban J connectivity index is 1.74. The van der Waals surface area contributed by atoms with Crippen molar-refractivity contribution < 1.29 is 9.47 Å². The molecule has 1 aliphatic heterocycles. The fourth-order valence-corrected chi connectivity index (χ4v) is 2.26. The summed E-state index contributed by atoms with van der Waals surface area (Å²) < 4.78 is 11.7. The van der Waals surface area contributed by atoms with E-state index in [1.807, 2.05) is 0 Å². The molecule has 0 saturated heterocycles. The number of benzene rings is 2. The molecule has 0 aliphatic carbocycles. The predicted octanol–water partition coefficient (Wildman–Crippen LogP) is 2.13. The van der Waals surface area contributed by atoms with Gasteiger partial charge in [-0.25, -0.2) is 0 Å². The van der Waals surface area contributed by atoms with E-state index in [-0.39, 0.29) is 0 Å². The molecule has 8 nitrogen and oxygen atoms in total. The van der Waals surface area contributed by atoms with Crippen molar-refractivity contribution in [3.63, 3.8) is 0 Å². The van der Waals surface area contributed by atoms with E-state index in [1.54, 1.807) is 24.3 Å². The number of aromatic amines is 2. The number of rotatable bonds is 0. The number of hydrogen-bond acceptors (Lipinski definition) is 6. The highest BCUT2D eigenvalue weighted by molar-refractivity contribution is 5.82. The van der Waals surface area contributed by atoms with E-state index >= 15 is 0 Å². The molecule has 0 fully saturated rings. The molecule has 1 aliphatic rings. The summed E-state index contributed by atoms with van der Waals surface area (Å²) in [5.41, 5.74) is 2.88. The molecule has 0 spiro atoms. The fourth-order valence-electron chi connectivity index (χ4n) is 2.26. The Hall–Kier alpha value is -3.16. The summed E-state index contributed by atoms with van der Waals surface area (Å²) in [6, 6.07) is 7.13. The summed E-state index contributed by atoms with van der Waals surface area (Å²) in [5.74, 6) is 2.40. The smallest absolute Gasteiger partial charge is 0.172 e. The van der Waals surface area contributed by atoms with Crippen molar-refractivity contribution in [1.29, 1.82) is 0 Å². The second kappa shape index (κ2) is 3.23. The van der Waals surface area contributed by atoms with Crippen LogP contribution in [0.1, 0.15) is 0 Å². The van der Waals surface area contributed by atoms with Crippen LogP contribution in [0, 0.1) is 0 Å². The van der Waals surface area contributed by atoms with Gasteiger partial charge in [-0.15, -0.1) is 0 Å². The Morgan fingerprint density at radius 3 is 1.15 bits per heavy atom. The average molecular weight is 266 g/mol. The number of hydrogen-bond donors (Lipinski definition) is 2. The standard InChI is InChI=1S/C12H6N6O2/c1-5-6(14-17-13-5)2-10-9(1)19-11-3-7-8(16-18-15-7)4-12(11)20-10/h1-4H,(H,13,14,17)(H,15,16,18). The molecule has 20 heavy (non-hydrogen) atoms. The van der Waals surface area contributed by atoms with Crippen LogP contribution in [0.4, 0.5) is 0 Å². The van der Waals surface area contributed by atoms with E-state index < -0.39 is 0 Å². The minimum atomic E-state index is 0.599. The number of nitrogens with one attached hydrogen (secondary N) is 2. The van der Waals surface area contributed by atoms with Gasteiger partial charge in [-0.05, 0) is 0 Å². The first-order valence-corrected chi connectivity index (χ1v) is 5.91. The molecular weight excluding hydrogens is 260 g/mol. The molecule has 5 rings (SSSR count). The first kappa shape index (κ1) is 9.73. The normalized spacial score (nSPS) is 12.8. The second-order valence-electron chi connectivity index (χ2n) is 4.43. The largest absolute Gasteiger partial charge is 0.449 e. The van der Waals surface area contributed by atoms with E-state index in [9.17, 15) is 0 Å². The van der Waals surface area contributed by atoms with Crippen LogP contribution >= 0.6 is 0 Å². The van der Waals surface area contributed by atoms with Crippen LogP contribution in [-0.2, 0) is 0 Å². The Kier molecular flexibility index (Phi) is 1.57. The Labute approximate surface area is 110 Å². The zero-order valence-electron chi connectivity index (χ0n) is 9.91. The van der Waals surface area contributed by atoms with E-state index in [2.05, 4.69) is 30.8 Å². The third-order valence-corrected chi connectivity index (χ3v) is 3.20. The highest BCUT2D eigenvalue weighted by Gasteiger charge is 2.22. The van der Waals surface area contributed by atoms with Gasteiger partial charge >= 0.3 is 0 Å². The van der Waals surface area contributed by atoms with Crippen LogP contribution in [0.5, 0.6) is 23.0 Å². The number of H-pyrrole nitrogens is 2. The van der Waals surface area contributed by atoms with Crippen molar-refractivity contribution in [3.8, 4) is 23.0 Å². The summed E-state index contributed by atoms with van der Waals surface area (Å²) in [7, 11) is 0. The van der Waals surface area contributed by atoms with Gasteiger partial charge in [0.2, 0.25) is 0 Å². The zero-order chi connectivity index (χ0) is 13.1. The lowest BCUT2D eigenvalue weighted by Gasteiger charge is -2.19. The maximum absolute atomic E-state index is 5.84. The molecule has 4 aromatic rings. The highest BCUT2D eigenvalue weighted by Crippen LogP contribution is 2.47. The Morgan fingerprint density at radius 2 is 0.850 bits per heavy atom. The lowest BCUT2D eigenvalue weighted by molar-refractivity contribution is 0.361. The van der Waals surface area contributed by atoms with Gasteiger partial charge in [0.15, 0.2) is 23.0 Å². The average Bonchev–Trinajstić information content (AvgIpc) is 3.07. The van der Waals surface area contributed by atoms with Gasteiger partial charge in [0.1, 0.15) is 22.1 Å². The SMILES string of the molecule is c1c2c(cc3n[nH]nc13)Oc1cc3n[nH]nc3cc1O2. The van der Waals surface area contributed by atoms with Crippen LogP contribution in [0.2, 0.25) is 0 Å². The molecule has 2 aromatic heterocycles. The van der Waals surface area contributed by atoms with Crippen molar-refractivity contribution >= 4 is 22.1 Å². The van der Waals surface area contributed by atoms with Crippen LogP contribution in [-0.4, -0.2) is 30.8 Å². The highest BCUT2D eigenvalue weighted by atomic mass is 16.6. The van der Waals surface area contributed by atoms with Crippen LogP contribution in [0.25, 0.3) is 22.1 Å². The Morgan fingerprint density at radius 1 is 0.550 bits per heavy atom. The summed E-state index contributed by atoms with van der Waals surface area (Å²) in [6.07, 6.45) is 0. The van der Waals surface area contributed by atoms with Gasteiger partial charge in [-0.3, -0.25) is 0 Å². The molecule has 0 radical (unpaired) electrons. The van der Waals surface area contributed by atoms with Gasteiger partial charge in [0.25, 0.3) is 0 Å². The Bertz CT molecular complexity index is 821. The molecule has 3 heterocycles. The molecule has 8 heteroatoms. The van der Waals surface area contributed by atoms with Gasteiger partial charge in [-0.2, -0.15) is 30.8 Å². The molecular formula is C12H6N6O2. The van der Waals surface area contributed by atoms with Gasteiger partial charge in [-0.1, -0.05) is 0 Å². The first-order chi connectivity index (χ1) is 9.87. The topological polar surface area (TPSA) is 102 Å². The summed E-state index contributed by atoms with van der Waals surface area (Å²) in [4.78, 5) is 0. The van der Waals surface area contributed by atoms with E-state index in [0.29, 0.717) is 23.0 Å². The van der Waals surface area contributed by atoms with Crippen molar-refractivity contribution in [2.75, 3.05) is 0 Å². The number of aromatic nitrogens is 6. The van der Waals surface area contributed by atoms with Crippen LogP contribution < -0.4 is 9.47 Å². The van der Waals surface area contributed by atoms with Gasteiger partial charge in [0.05, 0.1) is 0 Å². The van der Waals surface area contributed by atoms with E-state index in [4.69, 9.17) is 9.47 Å². The number of nitrogens with zero attached hydrogens (tertiary/aromatic N) is 4. The van der Waals surface area contributed by atoms with E-state index in [0.717, 1.165) is 22.1 Å². The third-order valence-electron chi connectivity index (χ3n) is 3.20. The third kappa shape index (κ3) is 1.19. The lowest BCUT2D eigenvalue weighted by atomic mass is 10.2. The summed E-state index contributed by atoms with van der Waals surface area (Å²) in [5, 5.41) is 21.2. The molecule has 0 atom stereocenters. The van der Waals surface area contributed by atoms with Crippen molar-refractivity contribution in [1.82, 2.24) is 30.8 Å². The van der Waals surface area contributed by atoms with Crippen molar-refractivity contribution in [2.24, 2.45) is 0 Å². The molecule has 2 aromatic carbocycles. The van der Waals surface area contributed by atoms with Gasteiger partial charge < -0.3 is 9.47 Å². The fraction of sp³-hybridized carbons (Fsp3) is 0. The zero-order valence-corrected chi connectivity index (χ0v) is 9.91. The van der Waals surface area contributed by atoms with Crippen LogP contribution in [0.15, 0.2) is 24.3 Å². The van der Waals surface area contributed by atoms with Crippen LogP contribution in [0.3, 0.4) is 0 Å². The quantitative estimate of drug-likeness (QED) is 0.445.